The molecule has 0 saturated carbocycles. The van der Waals surface area contributed by atoms with E-state index in [0.29, 0.717) is 53.4 Å². The van der Waals surface area contributed by atoms with Crippen LogP contribution in [0.4, 0.5) is 5.82 Å². The molecule has 0 bridgehead atoms. The maximum absolute atomic E-state index is 13.2. The highest BCUT2D eigenvalue weighted by atomic mass is 32.2. The maximum Gasteiger partial charge on any atom is 0.270 e. The first-order chi connectivity index (χ1) is 16.3. The van der Waals surface area contributed by atoms with Gasteiger partial charge in [0.2, 0.25) is 0 Å². The Balaban J connectivity index is 2.08. The molecule has 7 nitrogen and oxygen atoms in total. The van der Waals surface area contributed by atoms with E-state index in [2.05, 4.69) is 17.9 Å². The van der Waals surface area contributed by atoms with Gasteiger partial charge in [0.1, 0.15) is 21.8 Å². The van der Waals surface area contributed by atoms with E-state index in [1.165, 1.54) is 11.8 Å². The van der Waals surface area contributed by atoms with Crippen molar-refractivity contribution in [3.05, 3.63) is 31.9 Å². The number of piperidine rings is 1. The summed E-state index contributed by atoms with van der Waals surface area (Å²) in [6.45, 7) is 12.0. The fourth-order valence-electron chi connectivity index (χ4n) is 4.43. The minimum absolute atomic E-state index is 0.129. The highest BCUT2D eigenvalue weighted by molar-refractivity contribution is 8.26. The topological polar surface area (TPSA) is 78.6 Å². The molecule has 1 amide bonds. The number of anilines is 1. The van der Waals surface area contributed by atoms with Crippen molar-refractivity contribution in [1.29, 1.82) is 5.26 Å². The number of hydrogen-bond acceptors (Lipinski definition) is 7. The molecule has 2 aliphatic heterocycles. The Hall–Kier alpha value is -2.15. The van der Waals surface area contributed by atoms with E-state index >= 15 is 0 Å². The number of nitrogens with zero attached hydrogens (tertiary/aromatic N) is 4. The van der Waals surface area contributed by atoms with Crippen LogP contribution in [-0.2, 0) is 16.1 Å². The van der Waals surface area contributed by atoms with Gasteiger partial charge in [0.15, 0.2) is 0 Å². The van der Waals surface area contributed by atoms with Crippen molar-refractivity contribution in [3.8, 4) is 6.07 Å². The third kappa shape index (κ3) is 5.56. The Morgan fingerprint density at radius 3 is 2.56 bits per heavy atom. The predicted octanol–water partition coefficient (Wildman–Crippen LogP) is 4.30. The molecule has 1 aromatic heterocycles. The number of thioether (sulfide) groups is 1. The largest absolute Gasteiger partial charge is 0.382 e. The number of amides is 1. The molecule has 0 aliphatic carbocycles. The lowest BCUT2D eigenvalue weighted by atomic mass is 9.97. The first-order valence-electron chi connectivity index (χ1n) is 12.1. The van der Waals surface area contributed by atoms with Crippen molar-refractivity contribution in [3.63, 3.8) is 0 Å². The molecule has 0 atom stereocenters. The Morgan fingerprint density at radius 1 is 1.24 bits per heavy atom. The van der Waals surface area contributed by atoms with Gasteiger partial charge in [-0.2, -0.15) is 5.26 Å². The molecule has 3 heterocycles. The summed E-state index contributed by atoms with van der Waals surface area (Å²) in [4.78, 5) is 30.9. The summed E-state index contributed by atoms with van der Waals surface area (Å²) in [7, 11) is 0. The summed E-state index contributed by atoms with van der Waals surface area (Å²) in [5.41, 5.74) is 1.28. The Morgan fingerprint density at radius 2 is 1.94 bits per heavy atom. The van der Waals surface area contributed by atoms with E-state index < -0.39 is 0 Å². The van der Waals surface area contributed by atoms with Crippen LogP contribution in [0.3, 0.4) is 0 Å². The predicted molar refractivity (Wildman–Crippen MR) is 142 cm³/mol. The molecular weight excluding hydrogens is 468 g/mol. The summed E-state index contributed by atoms with van der Waals surface area (Å²) in [6.07, 6.45) is 5.41. The van der Waals surface area contributed by atoms with E-state index in [0.717, 1.165) is 43.7 Å². The molecular formula is C25H34N4O3S2. The van der Waals surface area contributed by atoms with Gasteiger partial charge in [-0.25, -0.2) is 0 Å². The fourth-order valence-corrected chi connectivity index (χ4v) is 5.72. The molecule has 2 saturated heterocycles. The van der Waals surface area contributed by atoms with Crippen LogP contribution in [0.2, 0.25) is 0 Å². The van der Waals surface area contributed by atoms with Crippen LogP contribution in [0.25, 0.3) is 6.08 Å². The van der Waals surface area contributed by atoms with E-state index in [-0.39, 0.29) is 17.0 Å². The second-order valence-electron chi connectivity index (χ2n) is 8.86. The Bertz CT molecular complexity index is 1070. The second kappa shape index (κ2) is 12.0. The van der Waals surface area contributed by atoms with Gasteiger partial charge in [-0.3, -0.25) is 19.1 Å². The number of carbonyl (C=O) groups is 1. The average Bonchev–Trinajstić information content (AvgIpc) is 3.08. The Kier molecular flexibility index (Phi) is 9.34. The van der Waals surface area contributed by atoms with Gasteiger partial charge in [-0.1, -0.05) is 37.8 Å². The molecule has 0 unspecified atom stereocenters. The number of aromatic nitrogens is 1. The molecule has 0 aromatic carbocycles. The minimum Gasteiger partial charge on any atom is -0.382 e. The fraction of sp³-hybridized carbons (Fsp3) is 0.600. The van der Waals surface area contributed by atoms with Crippen LogP contribution in [0.15, 0.2) is 9.70 Å². The first-order valence-corrected chi connectivity index (χ1v) is 13.3. The third-order valence-corrected chi connectivity index (χ3v) is 7.78. The molecule has 2 fully saturated rings. The summed E-state index contributed by atoms with van der Waals surface area (Å²) >= 11 is 6.78. The van der Waals surface area contributed by atoms with Crippen LogP contribution < -0.4 is 10.5 Å². The van der Waals surface area contributed by atoms with Crippen molar-refractivity contribution in [1.82, 2.24) is 9.47 Å². The van der Waals surface area contributed by atoms with Gasteiger partial charge in [-0.15, -0.1) is 0 Å². The molecule has 184 valence electrons. The summed E-state index contributed by atoms with van der Waals surface area (Å²) < 4.78 is 7.66. The van der Waals surface area contributed by atoms with E-state index in [4.69, 9.17) is 17.0 Å². The van der Waals surface area contributed by atoms with Crippen molar-refractivity contribution < 1.29 is 9.53 Å². The summed E-state index contributed by atoms with van der Waals surface area (Å²) in [6, 6.07) is 2.11. The average molecular weight is 503 g/mol. The zero-order valence-electron chi connectivity index (χ0n) is 20.6. The van der Waals surface area contributed by atoms with Crippen molar-refractivity contribution >= 4 is 46.1 Å². The van der Waals surface area contributed by atoms with Crippen LogP contribution in [0.5, 0.6) is 0 Å². The molecule has 0 spiro atoms. The smallest absolute Gasteiger partial charge is 0.270 e. The minimum atomic E-state index is -0.254. The van der Waals surface area contributed by atoms with Gasteiger partial charge < -0.3 is 9.64 Å². The lowest BCUT2D eigenvalue weighted by Crippen LogP contribution is -2.39. The normalized spacial score (nSPS) is 18.3. The number of ether oxygens (including phenoxy) is 1. The quantitative estimate of drug-likeness (QED) is 0.283. The molecule has 1 aromatic rings. The van der Waals surface area contributed by atoms with Gasteiger partial charge in [0.05, 0.1) is 4.91 Å². The number of hydrogen-bond donors (Lipinski definition) is 0. The van der Waals surface area contributed by atoms with Gasteiger partial charge >= 0.3 is 0 Å². The molecule has 0 N–H and O–H groups in total. The molecule has 3 rings (SSSR count). The van der Waals surface area contributed by atoms with Gasteiger partial charge in [0, 0.05) is 45.0 Å². The Labute approximate surface area is 211 Å². The zero-order valence-corrected chi connectivity index (χ0v) is 22.2. The van der Waals surface area contributed by atoms with E-state index in [1.807, 2.05) is 19.9 Å². The van der Waals surface area contributed by atoms with E-state index in [9.17, 15) is 14.9 Å². The molecule has 2 aliphatic rings. The van der Waals surface area contributed by atoms with Crippen LogP contribution in [0, 0.1) is 24.2 Å². The van der Waals surface area contributed by atoms with Crippen LogP contribution >= 0.6 is 24.0 Å². The molecule has 0 radical (unpaired) electrons. The first kappa shape index (κ1) is 26.5. The maximum atomic E-state index is 13.2. The highest BCUT2D eigenvalue weighted by Gasteiger charge is 2.33. The van der Waals surface area contributed by atoms with Crippen molar-refractivity contribution in [2.24, 2.45) is 5.92 Å². The molecule has 9 heteroatoms. The lowest BCUT2D eigenvalue weighted by molar-refractivity contribution is -0.122. The highest BCUT2D eigenvalue weighted by Crippen LogP contribution is 2.36. The number of rotatable bonds is 9. The number of pyridine rings is 1. The van der Waals surface area contributed by atoms with Gasteiger partial charge in [0.25, 0.3) is 11.5 Å². The zero-order chi connectivity index (χ0) is 24.8. The second-order valence-corrected chi connectivity index (χ2v) is 10.5. The van der Waals surface area contributed by atoms with E-state index in [1.54, 1.807) is 16.4 Å². The standard InChI is InChI=1S/C25H34N4O3S2/c1-5-10-28-22(27-12-8-17(3)9-13-27)19(18(4)20(16-26)23(28)30)15-21-24(31)29(25(33)34-21)11-7-14-32-6-2/h15,17H,5-14H2,1-4H3. The SMILES string of the molecule is CCCn1c(N2CCC(C)CC2)c(C=C2SC(=S)N(CCCOCC)C2=O)c(C)c(C#N)c1=O. The van der Waals surface area contributed by atoms with Crippen LogP contribution in [-0.4, -0.2) is 52.5 Å². The van der Waals surface area contributed by atoms with Crippen molar-refractivity contribution in [2.45, 2.75) is 59.9 Å². The van der Waals surface area contributed by atoms with Gasteiger partial charge in [-0.05, 0) is 57.1 Å². The third-order valence-electron chi connectivity index (χ3n) is 6.40. The number of thiocarbonyl (C=S) groups is 1. The van der Waals surface area contributed by atoms with Crippen LogP contribution in [0.1, 0.15) is 63.1 Å². The lowest BCUT2D eigenvalue weighted by Gasteiger charge is -2.35. The number of nitriles is 1. The number of carbonyl (C=O) groups excluding carboxylic acids is 1. The molecule has 34 heavy (non-hydrogen) atoms. The summed E-state index contributed by atoms with van der Waals surface area (Å²) in [5, 5.41) is 9.78. The monoisotopic (exact) mass is 502 g/mol. The van der Waals surface area contributed by atoms with Crippen molar-refractivity contribution in [2.75, 3.05) is 37.7 Å². The summed E-state index contributed by atoms with van der Waals surface area (Å²) in [5.74, 6) is 1.33.